The van der Waals surface area contributed by atoms with E-state index in [4.69, 9.17) is 4.74 Å². The summed E-state index contributed by atoms with van der Waals surface area (Å²) in [7, 11) is 0. The van der Waals surface area contributed by atoms with Crippen LogP contribution < -0.4 is 10.1 Å². The van der Waals surface area contributed by atoms with E-state index in [1.165, 1.54) is 6.92 Å². The number of benzene rings is 3. The molecule has 3 aromatic rings. The minimum absolute atomic E-state index is 0.101. The molecule has 21 heavy (non-hydrogen) atoms. The predicted molar refractivity (Wildman–Crippen MR) is 86.9 cm³/mol. The van der Waals surface area contributed by atoms with E-state index in [0.29, 0.717) is 6.61 Å². The largest absolute Gasteiger partial charge is 0.491 e. The van der Waals surface area contributed by atoms with Crippen LogP contribution in [0.4, 0.5) is 5.69 Å². The third-order valence-electron chi connectivity index (χ3n) is 3.48. The Morgan fingerprint density at radius 2 is 1.48 bits per heavy atom. The number of carbonyl (C=O) groups excluding carboxylic acids is 1. The third-order valence-corrected chi connectivity index (χ3v) is 3.48. The van der Waals surface area contributed by atoms with Crippen LogP contribution in [0.2, 0.25) is 0 Å². The van der Waals surface area contributed by atoms with Crippen LogP contribution in [0.5, 0.6) is 5.75 Å². The molecule has 0 fully saturated rings. The number of ether oxygens (including phenoxy) is 1. The Kier molecular flexibility index (Phi) is 3.48. The molecule has 0 spiro atoms. The van der Waals surface area contributed by atoms with Crippen molar-refractivity contribution in [2.45, 2.75) is 13.8 Å². The van der Waals surface area contributed by atoms with Crippen molar-refractivity contribution >= 4 is 33.1 Å². The van der Waals surface area contributed by atoms with Crippen LogP contribution in [0.25, 0.3) is 21.5 Å². The van der Waals surface area contributed by atoms with Crippen LogP contribution >= 0.6 is 0 Å². The fourth-order valence-corrected chi connectivity index (χ4v) is 2.70. The second kappa shape index (κ2) is 5.44. The lowest BCUT2D eigenvalue weighted by atomic mass is 9.99. The Morgan fingerprint density at radius 1 is 0.952 bits per heavy atom. The van der Waals surface area contributed by atoms with E-state index >= 15 is 0 Å². The lowest BCUT2D eigenvalue weighted by molar-refractivity contribution is -0.114. The number of hydrogen-bond acceptors (Lipinski definition) is 2. The molecule has 0 radical (unpaired) electrons. The zero-order valence-corrected chi connectivity index (χ0v) is 12.1. The third kappa shape index (κ3) is 2.31. The van der Waals surface area contributed by atoms with Crippen molar-refractivity contribution in [3.8, 4) is 5.75 Å². The summed E-state index contributed by atoms with van der Waals surface area (Å²) < 4.78 is 5.84. The normalized spacial score (nSPS) is 10.8. The van der Waals surface area contributed by atoms with Gasteiger partial charge in [-0.3, -0.25) is 4.79 Å². The van der Waals surface area contributed by atoms with Gasteiger partial charge in [0.25, 0.3) is 0 Å². The van der Waals surface area contributed by atoms with E-state index in [0.717, 1.165) is 33.0 Å². The Balaban J connectivity index is 2.47. The van der Waals surface area contributed by atoms with Gasteiger partial charge >= 0.3 is 0 Å². The van der Waals surface area contributed by atoms with Crippen molar-refractivity contribution < 1.29 is 9.53 Å². The van der Waals surface area contributed by atoms with Crippen molar-refractivity contribution in [3.05, 3.63) is 48.5 Å². The fraction of sp³-hybridized carbons (Fsp3) is 0.167. The summed E-state index contributed by atoms with van der Waals surface area (Å²) in [4.78, 5) is 11.6. The van der Waals surface area contributed by atoms with E-state index in [-0.39, 0.29) is 5.91 Å². The smallest absolute Gasteiger partial charge is 0.221 e. The molecule has 0 aliphatic carbocycles. The van der Waals surface area contributed by atoms with Gasteiger partial charge in [0.1, 0.15) is 0 Å². The average molecular weight is 279 g/mol. The first-order chi connectivity index (χ1) is 10.2. The highest BCUT2D eigenvalue weighted by Gasteiger charge is 2.15. The summed E-state index contributed by atoms with van der Waals surface area (Å²) >= 11 is 0. The molecule has 0 saturated carbocycles. The molecule has 3 nitrogen and oxygen atoms in total. The standard InChI is InChI=1S/C18H17NO2/c1-3-21-18-16-11-7-5-9-14(16)13-8-4-6-10-15(13)17(18)19-12(2)20/h4-11H,3H2,1-2H3,(H,19,20). The van der Waals surface area contributed by atoms with Gasteiger partial charge in [0.2, 0.25) is 5.91 Å². The maximum atomic E-state index is 11.6. The molecule has 0 unspecified atom stereocenters. The molecule has 1 amide bonds. The number of hydrogen-bond donors (Lipinski definition) is 1. The van der Waals surface area contributed by atoms with Crippen LogP contribution in [0.15, 0.2) is 48.5 Å². The van der Waals surface area contributed by atoms with Gasteiger partial charge in [0.05, 0.1) is 12.3 Å². The second-order valence-corrected chi connectivity index (χ2v) is 4.91. The topological polar surface area (TPSA) is 38.3 Å². The van der Waals surface area contributed by atoms with Gasteiger partial charge in [-0.05, 0) is 17.7 Å². The summed E-state index contributed by atoms with van der Waals surface area (Å²) in [5, 5.41) is 7.18. The van der Waals surface area contributed by atoms with Gasteiger partial charge in [-0.1, -0.05) is 48.5 Å². The summed E-state index contributed by atoms with van der Waals surface area (Å²) in [5.41, 5.74) is 0.749. The lowest BCUT2D eigenvalue weighted by Gasteiger charge is -2.17. The number of carbonyl (C=O) groups is 1. The molecule has 106 valence electrons. The van der Waals surface area contributed by atoms with Gasteiger partial charge in [-0.2, -0.15) is 0 Å². The summed E-state index contributed by atoms with van der Waals surface area (Å²) in [6.45, 7) is 4.01. The molecule has 0 aromatic heterocycles. The van der Waals surface area contributed by atoms with E-state index in [9.17, 15) is 4.79 Å². The summed E-state index contributed by atoms with van der Waals surface area (Å²) in [5.74, 6) is 0.637. The Hall–Kier alpha value is -2.55. The minimum atomic E-state index is -0.101. The quantitative estimate of drug-likeness (QED) is 0.724. The molecule has 3 rings (SSSR count). The number of amides is 1. The lowest BCUT2D eigenvalue weighted by Crippen LogP contribution is -2.09. The Bertz CT molecular complexity index is 824. The monoisotopic (exact) mass is 279 g/mol. The van der Waals surface area contributed by atoms with Crippen molar-refractivity contribution in [1.29, 1.82) is 0 Å². The van der Waals surface area contributed by atoms with Crippen molar-refractivity contribution in [2.24, 2.45) is 0 Å². The molecule has 0 atom stereocenters. The van der Waals surface area contributed by atoms with Gasteiger partial charge in [0, 0.05) is 17.7 Å². The van der Waals surface area contributed by atoms with Gasteiger partial charge < -0.3 is 10.1 Å². The van der Waals surface area contributed by atoms with Crippen LogP contribution in [0.3, 0.4) is 0 Å². The minimum Gasteiger partial charge on any atom is -0.491 e. The maximum absolute atomic E-state index is 11.6. The van der Waals surface area contributed by atoms with Crippen LogP contribution in [-0.4, -0.2) is 12.5 Å². The van der Waals surface area contributed by atoms with Crippen molar-refractivity contribution in [3.63, 3.8) is 0 Å². The first kappa shape index (κ1) is 13.4. The van der Waals surface area contributed by atoms with E-state index in [1.807, 2.05) is 43.3 Å². The average Bonchev–Trinajstić information content (AvgIpc) is 2.50. The van der Waals surface area contributed by atoms with Crippen LogP contribution in [-0.2, 0) is 4.79 Å². The molecule has 1 N–H and O–H groups in total. The molecule has 3 aromatic carbocycles. The highest BCUT2D eigenvalue weighted by molar-refractivity contribution is 6.18. The first-order valence-electron chi connectivity index (χ1n) is 7.06. The number of rotatable bonds is 3. The van der Waals surface area contributed by atoms with Gasteiger partial charge in [0.15, 0.2) is 5.75 Å². The zero-order valence-electron chi connectivity index (χ0n) is 12.1. The highest BCUT2D eigenvalue weighted by atomic mass is 16.5. The molecular formula is C18H17NO2. The van der Waals surface area contributed by atoms with E-state index in [1.54, 1.807) is 0 Å². The second-order valence-electron chi connectivity index (χ2n) is 4.91. The summed E-state index contributed by atoms with van der Waals surface area (Å²) in [6.07, 6.45) is 0. The molecule has 0 aliphatic heterocycles. The first-order valence-corrected chi connectivity index (χ1v) is 7.06. The zero-order chi connectivity index (χ0) is 14.8. The van der Waals surface area contributed by atoms with Crippen LogP contribution in [0.1, 0.15) is 13.8 Å². The van der Waals surface area contributed by atoms with Gasteiger partial charge in [-0.25, -0.2) is 0 Å². The maximum Gasteiger partial charge on any atom is 0.221 e. The van der Waals surface area contributed by atoms with E-state index < -0.39 is 0 Å². The number of fused-ring (bicyclic) bond motifs is 3. The molecule has 0 aliphatic rings. The summed E-state index contributed by atoms with van der Waals surface area (Å²) in [6, 6.07) is 16.2. The fourth-order valence-electron chi connectivity index (χ4n) is 2.70. The van der Waals surface area contributed by atoms with Crippen molar-refractivity contribution in [2.75, 3.05) is 11.9 Å². The Morgan fingerprint density at radius 3 is 2.05 bits per heavy atom. The molecule has 3 heteroatoms. The molecule has 0 heterocycles. The van der Waals surface area contributed by atoms with E-state index in [2.05, 4.69) is 17.4 Å². The molecular weight excluding hydrogens is 262 g/mol. The highest BCUT2D eigenvalue weighted by Crippen LogP contribution is 2.41. The van der Waals surface area contributed by atoms with Crippen molar-refractivity contribution in [1.82, 2.24) is 0 Å². The molecule has 0 saturated heterocycles. The number of anilines is 1. The van der Waals surface area contributed by atoms with Gasteiger partial charge in [-0.15, -0.1) is 0 Å². The molecule has 0 bridgehead atoms. The Labute approximate surface area is 123 Å². The SMILES string of the molecule is CCOc1c(NC(C)=O)c2ccccc2c2ccccc12. The predicted octanol–water partition coefficient (Wildman–Crippen LogP) is 4.35. The van der Waals surface area contributed by atoms with Crippen LogP contribution in [0, 0.1) is 0 Å². The number of nitrogens with one attached hydrogen (secondary N) is 1.